The molecule has 1 aliphatic heterocycles. The molecule has 2 aliphatic carbocycles. The summed E-state index contributed by atoms with van der Waals surface area (Å²) in [5.41, 5.74) is 13.0. The number of fused-ring (bicyclic) bond motifs is 2. The van der Waals surface area contributed by atoms with Gasteiger partial charge in [-0.3, -0.25) is 14.8 Å². The summed E-state index contributed by atoms with van der Waals surface area (Å²) in [6.07, 6.45) is 7.50. The van der Waals surface area contributed by atoms with Crippen LogP contribution in [0.15, 0.2) is 45.4 Å². The lowest BCUT2D eigenvalue weighted by atomic mass is 9.86. The molecule has 1 heterocycles. The Morgan fingerprint density at radius 1 is 0.963 bits per heavy atom. The lowest BCUT2D eigenvalue weighted by Crippen LogP contribution is -2.26. The summed E-state index contributed by atoms with van der Waals surface area (Å²) >= 11 is 0. The van der Waals surface area contributed by atoms with Gasteiger partial charge in [-0.1, -0.05) is 0 Å². The molecule has 0 bridgehead atoms. The summed E-state index contributed by atoms with van der Waals surface area (Å²) in [5.74, 6) is -0.0532. The average Bonchev–Trinajstić information content (AvgIpc) is 2.67. The van der Waals surface area contributed by atoms with Crippen LogP contribution in [0.4, 0.5) is 0 Å². The molecule has 0 fully saturated rings. The van der Waals surface area contributed by atoms with Crippen LogP contribution in [0.1, 0.15) is 24.0 Å². The fourth-order valence-electron chi connectivity index (χ4n) is 3.04. The number of pyridine rings is 1. The van der Waals surface area contributed by atoms with Gasteiger partial charge in [0.25, 0.3) is 0 Å². The Labute approximate surface area is 156 Å². The summed E-state index contributed by atoms with van der Waals surface area (Å²) < 4.78 is 0.787. The molecule has 0 saturated heterocycles. The Kier molecular flexibility index (Phi) is 5.68. The zero-order valence-electron chi connectivity index (χ0n) is 14.9. The molecule has 3 aliphatic rings. The molecule has 8 nitrogen and oxygen atoms in total. The number of aliphatic imine (C=N–C) groups is 2. The molecule has 27 heavy (non-hydrogen) atoms. The van der Waals surface area contributed by atoms with Gasteiger partial charge in [0.15, 0.2) is 5.43 Å². The number of aromatic nitrogens is 1. The average molecular weight is 369 g/mol. The van der Waals surface area contributed by atoms with Crippen molar-refractivity contribution in [3.63, 3.8) is 0 Å². The topological polar surface area (TPSA) is 139 Å². The predicted octanol–water partition coefficient (Wildman–Crippen LogP) is 0.742. The van der Waals surface area contributed by atoms with Crippen molar-refractivity contribution < 1.29 is 10.3 Å². The van der Waals surface area contributed by atoms with E-state index in [1.807, 2.05) is 0 Å². The Hall–Kier alpha value is -2.97. The van der Waals surface area contributed by atoms with Crippen LogP contribution in [-0.4, -0.2) is 52.6 Å². The van der Waals surface area contributed by atoms with Crippen LogP contribution in [0.3, 0.4) is 0 Å². The van der Waals surface area contributed by atoms with Gasteiger partial charge < -0.3 is 21.8 Å². The molecule has 6 N–H and O–H groups in total. The summed E-state index contributed by atoms with van der Waals surface area (Å²) in [5, 5.41) is 20.6. The van der Waals surface area contributed by atoms with Gasteiger partial charge >= 0.3 is 0 Å². The third-order valence-electron chi connectivity index (χ3n) is 4.36. The van der Waals surface area contributed by atoms with E-state index in [-0.39, 0.29) is 22.3 Å². The molecule has 0 saturated carbocycles. The lowest BCUT2D eigenvalue weighted by molar-refractivity contribution is 0.184. The van der Waals surface area contributed by atoms with Crippen LogP contribution in [-0.2, 0) is 0 Å². The SMILES string of the molecule is NCCCN=C1C=CC(=NCCCN)c2c1c(O)c1ccn(O)cc-1c2=O. The Bertz CT molecular complexity index is 959. The number of phenols is 1. The maximum Gasteiger partial charge on any atom is 0.198 e. The van der Waals surface area contributed by atoms with Crippen LogP contribution in [0.2, 0.25) is 0 Å². The molecule has 0 spiro atoms. The van der Waals surface area contributed by atoms with E-state index in [4.69, 9.17) is 11.5 Å². The second-order valence-corrected chi connectivity index (χ2v) is 6.23. The van der Waals surface area contributed by atoms with Gasteiger partial charge in [0.05, 0.1) is 34.3 Å². The number of hydrogen-bond donors (Lipinski definition) is 4. The van der Waals surface area contributed by atoms with Crippen molar-refractivity contribution in [1.82, 2.24) is 4.73 Å². The van der Waals surface area contributed by atoms with Crippen LogP contribution in [0.5, 0.6) is 5.75 Å². The highest BCUT2D eigenvalue weighted by Crippen LogP contribution is 2.35. The first-order valence-electron chi connectivity index (χ1n) is 8.86. The molecule has 0 unspecified atom stereocenters. The number of allylic oxidation sites excluding steroid dienone is 2. The van der Waals surface area contributed by atoms with Crippen LogP contribution in [0, 0.1) is 0 Å². The summed E-state index contributed by atoms with van der Waals surface area (Å²) in [4.78, 5) is 22.1. The normalized spacial score (nSPS) is 16.4. The number of benzene rings is 1. The molecule has 0 atom stereocenters. The molecule has 0 aromatic carbocycles. The first-order valence-corrected chi connectivity index (χ1v) is 8.86. The maximum absolute atomic E-state index is 13.1. The van der Waals surface area contributed by atoms with E-state index in [9.17, 15) is 15.1 Å². The Morgan fingerprint density at radius 2 is 1.56 bits per heavy atom. The number of phenolic OH excluding ortho intramolecular Hbond substituents is 1. The standard InChI is InChI=1S/C19H23N5O3/c20-6-1-8-22-14-3-4-15(23-9-2-7-21)17-16(14)18(25)12-5-10-24(27)11-13(12)19(17)26/h3-5,10-11,25,27H,1-2,6-9,20-21H2. The number of rotatable bonds is 6. The summed E-state index contributed by atoms with van der Waals surface area (Å²) in [6.45, 7) is 1.97. The van der Waals surface area contributed by atoms with E-state index >= 15 is 0 Å². The largest absolute Gasteiger partial charge is 0.507 e. The fourth-order valence-corrected chi connectivity index (χ4v) is 3.04. The highest BCUT2D eigenvalue weighted by molar-refractivity contribution is 6.27. The monoisotopic (exact) mass is 369 g/mol. The van der Waals surface area contributed by atoms with Crippen molar-refractivity contribution in [2.24, 2.45) is 21.5 Å². The quantitative estimate of drug-likeness (QED) is 0.439. The van der Waals surface area contributed by atoms with Gasteiger partial charge in [-0.05, 0) is 44.1 Å². The van der Waals surface area contributed by atoms with Gasteiger partial charge in [0.1, 0.15) is 5.75 Å². The smallest absolute Gasteiger partial charge is 0.198 e. The van der Waals surface area contributed by atoms with E-state index in [1.54, 1.807) is 12.2 Å². The van der Waals surface area contributed by atoms with Gasteiger partial charge in [0, 0.05) is 24.8 Å². The van der Waals surface area contributed by atoms with Gasteiger partial charge in [-0.25, -0.2) is 4.73 Å². The number of nitrogens with zero attached hydrogens (tertiary/aromatic N) is 3. The molecule has 142 valence electrons. The molecule has 0 aromatic heterocycles. The minimum Gasteiger partial charge on any atom is -0.507 e. The van der Waals surface area contributed by atoms with Crippen molar-refractivity contribution in [3.05, 3.63) is 52.0 Å². The van der Waals surface area contributed by atoms with Crippen LogP contribution >= 0.6 is 0 Å². The highest BCUT2D eigenvalue weighted by Gasteiger charge is 2.28. The van der Waals surface area contributed by atoms with Crippen molar-refractivity contribution in [2.45, 2.75) is 12.8 Å². The van der Waals surface area contributed by atoms with Crippen molar-refractivity contribution in [3.8, 4) is 16.9 Å². The van der Waals surface area contributed by atoms with Gasteiger partial charge in [-0.15, -0.1) is 0 Å². The Balaban J connectivity index is 2.26. The van der Waals surface area contributed by atoms with Crippen molar-refractivity contribution in [2.75, 3.05) is 26.2 Å². The molecule has 0 aromatic rings. The molecular weight excluding hydrogens is 346 g/mol. The van der Waals surface area contributed by atoms with Gasteiger partial charge in [-0.2, -0.15) is 0 Å². The molecule has 8 heteroatoms. The zero-order chi connectivity index (χ0) is 19.4. The minimum atomic E-state index is -0.316. The third-order valence-corrected chi connectivity index (χ3v) is 4.36. The highest BCUT2D eigenvalue weighted by atomic mass is 16.5. The summed E-state index contributed by atoms with van der Waals surface area (Å²) in [7, 11) is 0. The predicted molar refractivity (Wildman–Crippen MR) is 105 cm³/mol. The van der Waals surface area contributed by atoms with Gasteiger partial charge in [0.2, 0.25) is 0 Å². The lowest BCUT2D eigenvalue weighted by Gasteiger charge is -2.20. The number of hydrogen-bond acceptors (Lipinski definition) is 7. The van der Waals surface area contributed by atoms with Crippen molar-refractivity contribution in [1.29, 1.82) is 0 Å². The fraction of sp³-hybridized carbons (Fsp3) is 0.316. The van der Waals surface area contributed by atoms with E-state index in [0.29, 0.717) is 61.6 Å². The molecule has 0 radical (unpaired) electrons. The van der Waals surface area contributed by atoms with Crippen molar-refractivity contribution >= 4 is 11.4 Å². The second-order valence-electron chi connectivity index (χ2n) is 6.23. The van der Waals surface area contributed by atoms with E-state index in [2.05, 4.69) is 9.98 Å². The summed E-state index contributed by atoms with van der Waals surface area (Å²) in [6, 6.07) is 1.49. The molecular formula is C19H23N5O3. The second kappa shape index (κ2) is 8.15. The Morgan fingerprint density at radius 3 is 2.15 bits per heavy atom. The minimum absolute atomic E-state index is 0.0532. The first kappa shape index (κ1) is 18.8. The van der Waals surface area contributed by atoms with E-state index in [1.165, 1.54) is 18.5 Å². The van der Waals surface area contributed by atoms with Crippen LogP contribution < -0.4 is 16.9 Å². The van der Waals surface area contributed by atoms with E-state index in [0.717, 1.165) is 4.73 Å². The number of nitrogens with two attached hydrogens (primary N) is 2. The third kappa shape index (κ3) is 3.62. The molecule has 3 rings (SSSR count). The maximum atomic E-state index is 13.1. The van der Waals surface area contributed by atoms with E-state index < -0.39 is 0 Å². The molecule has 0 amide bonds. The van der Waals surface area contributed by atoms with Crippen LogP contribution in [0.25, 0.3) is 11.1 Å². The number of aromatic hydroxyl groups is 1. The first-order chi connectivity index (χ1) is 13.1. The zero-order valence-corrected chi connectivity index (χ0v) is 14.9.